The number of hydrogen-bond donors (Lipinski definition) is 1. The predicted molar refractivity (Wildman–Crippen MR) is 84.7 cm³/mol. The molecule has 0 bridgehead atoms. The van der Waals surface area contributed by atoms with Crippen molar-refractivity contribution in [3.63, 3.8) is 0 Å². The van der Waals surface area contributed by atoms with Crippen LogP contribution in [-0.4, -0.2) is 24.0 Å². The molecule has 2 aromatic rings. The SMILES string of the molecule is Cn1ncc2ccc(NS(=O)(=O)CC3CCCCC3)cc21. The Hall–Kier alpha value is -1.56. The van der Waals surface area contributed by atoms with Gasteiger partial charge in [-0.1, -0.05) is 19.3 Å². The molecule has 114 valence electrons. The van der Waals surface area contributed by atoms with E-state index >= 15 is 0 Å². The second-order valence-electron chi connectivity index (χ2n) is 5.93. The lowest BCUT2D eigenvalue weighted by atomic mass is 9.91. The Balaban J connectivity index is 1.74. The molecule has 0 saturated heterocycles. The molecule has 3 rings (SSSR count). The van der Waals surface area contributed by atoms with Crippen LogP contribution in [0, 0.1) is 5.92 Å². The fourth-order valence-corrected chi connectivity index (χ4v) is 4.62. The van der Waals surface area contributed by atoms with Crippen LogP contribution >= 0.6 is 0 Å². The maximum Gasteiger partial charge on any atom is 0.232 e. The van der Waals surface area contributed by atoms with Crippen LogP contribution in [0.1, 0.15) is 32.1 Å². The number of aryl methyl sites for hydroxylation is 1. The highest BCUT2D eigenvalue weighted by atomic mass is 32.2. The van der Waals surface area contributed by atoms with Crippen molar-refractivity contribution in [2.45, 2.75) is 32.1 Å². The fraction of sp³-hybridized carbons (Fsp3) is 0.533. The van der Waals surface area contributed by atoms with Crippen LogP contribution in [-0.2, 0) is 17.1 Å². The van der Waals surface area contributed by atoms with Crippen molar-refractivity contribution < 1.29 is 8.42 Å². The minimum absolute atomic E-state index is 0.233. The molecule has 0 amide bonds. The molecule has 6 heteroatoms. The van der Waals surface area contributed by atoms with Crippen molar-refractivity contribution in [1.82, 2.24) is 9.78 Å². The average molecular weight is 307 g/mol. The zero-order chi connectivity index (χ0) is 14.9. The van der Waals surface area contributed by atoms with Gasteiger partial charge in [-0.2, -0.15) is 5.10 Å². The lowest BCUT2D eigenvalue weighted by Gasteiger charge is -2.21. The van der Waals surface area contributed by atoms with E-state index in [0.717, 1.165) is 36.6 Å². The van der Waals surface area contributed by atoms with Gasteiger partial charge in [0.05, 0.1) is 23.2 Å². The summed E-state index contributed by atoms with van der Waals surface area (Å²) in [6.07, 6.45) is 7.38. The van der Waals surface area contributed by atoms with Gasteiger partial charge in [-0.05, 0) is 37.0 Å². The normalized spacial score (nSPS) is 17.2. The maximum atomic E-state index is 12.3. The first-order valence-electron chi connectivity index (χ1n) is 7.46. The molecule has 1 heterocycles. The molecule has 0 spiro atoms. The molecule has 1 aromatic carbocycles. The maximum absolute atomic E-state index is 12.3. The first kappa shape index (κ1) is 14.4. The number of anilines is 1. The largest absolute Gasteiger partial charge is 0.283 e. The number of benzene rings is 1. The van der Waals surface area contributed by atoms with Crippen LogP contribution in [0.15, 0.2) is 24.4 Å². The van der Waals surface area contributed by atoms with Crippen LogP contribution in [0.5, 0.6) is 0 Å². The van der Waals surface area contributed by atoms with E-state index in [1.807, 2.05) is 19.2 Å². The molecule has 1 N–H and O–H groups in total. The molecule has 0 atom stereocenters. The lowest BCUT2D eigenvalue weighted by molar-refractivity contribution is 0.385. The van der Waals surface area contributed by atoms with Gasteiger partial charge in [0.1, 0.15) is 0 Å². The summed E-state index contributed by atoms with van der Waals surface area (Å²) in [5.41, 5.74) is 1.54. The van der Waals surface area contributed by atoms with Crippen LogP contribution in [0.3, 0.4) is 0 Å². The minimum atomic E-state index is -3.28. The molecule has 0 unspecified atom stereocenters. The number of sulfonamides is 1. The van der Waals surface area contributed by atoms with Crippen molar-refractivity contribution in [3.05, 3.63) is 24.4 Å². The van der Waals surface area contributed by atoms with Gasteiger partial charge in [-0.3, -0.25) is 9.40 Å². The second-order valence-corrected chi connectivity index (χ2v) is 7.70. The van der Waals surface area contributed by atoms with Gasteiger partial charge in [0.25, 0.3) is 0 Å². The first-order chi connectivity index (χ1) is 10.0. The van der Waals surface area contributed by atoms with E-state index in [4.69, 9.17) is 0 Å². The predicted octanol–water partition coefficient (Wildman–Crippen LogP) is 2.90. The van der Waals surface area contributed by atoms with Crippen LogP contribution < -0.4 is 4.72 Å². The van der Waals surface area contributed by atoms with Crippen molar-refractivity contribution in [2.75, 3.05) is 10.5 Å². The molecule has 1 saturated carbocycles. The van der Waals surface area contributed by atoms with E-state index in [2.05, 4.69) is 9.82 Å². The Morgan fingerprint density at radius 3 is 2.81 bits per heavy atom. The molecule has 5 nitrogen and oxygen atoms in total. The Morgan fingerprint density at radius 1 is 1.29 bits per heavy atom. The molecular formula is C15H21N3O2S. The van der Waals surface area contributed by atoms with E-state index in [9.17, 15) is 8.42 Å². The topological polar surface area (TPSA) is 64.0 Å². The van der Waals surface area contributed by atoms with Crippen molar-refractivity contribution >= 4 is 26.6 Å². The summed E-state index contributed by atoms with van der Waals surface area (Å²) in [6.45, 7) is 0. The van der Waals surface area contributed by atoms with Gasteiger partial charge in [0, 0.05) is 12.4 Å². The summed E-state index contributed by atoms with van der Waals surface area (Å²) >= 11 is 0. The van der Waals surface area contributed by atoms with E-state index in [1.165, 1.54) is 6.42 Å². The fourth-order valence-electron chi connectivity index (χ4n) is 3.09. The van der Waals surface area contributed by atoms with Gasteiger partial charge < -0.3 is 0 Å². The van der Waals surface area contributed by atoms with E-state index in [-0.39, 0.29) is 5.75 Å². The van der Waals surface area contributed by atoms with Crippen molar-refractivity contribution in [2.24, 2.45) is 13.0 Å². The smallest absolute Gasteiger partial charge is 0.232 e. The zero-order valence-corrected chi connectivity index (χ0v) is 13.1. The summed E-state index contributed by atoms with van der Waals surface area (Å²) in [5.74, 6) is 0.535. The third-order valence-corrected chi connectivity index (χ3v) is 5.66. The van der Waals surface area contributed by atoms with Gasteiger partial charge in [-0.15, -0.1) is 0 Å². The third-order valence-electron chi connectivity index (χ3n) is 4.20. The number of aromatic nitrogens is 2. The van der Waals surface area contributed by atoms with Crippen LogP contribution in [0.2, 0.25) is 0 Å². The van der Waals surface area contributed by atoms with Gasteiger partial charge in [0.2, 0.25) is 10.0 Å². The highest BCUT2D eigenvalue weighted by molar-refractivity contribution is 7.92. The van der Waals surface area contributed by atoms with Gasteiger partial charge >= 0.3 is 0 Å². The number of fused-ring (bicyclic) bond motifs is 1. The standard InChI is InChI=1S/C15H21N3O2S/c1-18-15-9-14(8-7-13(15)10-16-18)17-21(19,20)11-12-5-3-2-4-6-12/h7-10,12,17H,2-6,11H2,1H3. The molecule has 21 heavy (non-hydrogen) atoms. The summed E-state index contributed by atoms with van der Waals surface area (Å²) in [7, 11) is -1.43. The average Bonchev–Trinajstić information content (AvgIpc) is 2.80. The lowest BCUT2D eigenvalue weighted by Crippen LogP contribution is -2.24. The highest BCUT2D eigenvalue weighted by Gasteiger charge is 2.21. The molecular weight excluding hydrogens is 286 g/mol. The Bertz CT molecular complexity index is 730. The molecule has 1 aromatic heterocycles. The number of hydrogen-bond acceptors (Lipinski definition) is 3. The Labute approximate surface area is 125 Å². The molecule has 1 aliphatic rings. The second kappa shape index (κ2) is 5.67. The van der Waals surface area contributed by atoms with E-state index < -0.39 is 10.0 Å². The highest BCUT2D eigenvalue weighted by Crippen LogP contribution is 2.26. The van der Waals surface area contributed by atoms with Crippen molar-refractivity contribution in [1.29, 1.82) is 0 Å². The third kappa shape index (κ3) is 3.37. The molecule has 1 fully saturated rings. The summed E-state index contributed by atoms with van der Waals surface area (Å²) in [4.78, 5) is 0. The van der Waals surface area contributed by atoms with Gasteiger partial charge in [0.15, 0.2) is 0 Å². The van der Waals surface area contributed by atoms with Crippen molar-refractivity contribution in [3.8, 4) is 0 Å². The minimum Gasteiger partial charge on any atom is -0.283 e. The Kier molecular flexibility index (Phi) is 3.89. The summed E-state index contributed by atoms with van der Waals surface area (Å²) in [6, 6.07) is 5.52. The van der Waals surface area contributed by atoms with Crippen LogP contribution in [0.25, 0.3) is 10.9 Å². The summed E-state index contributed by atoms with van der Waals surface area (Å²) in [5, 5.41) is 5.17. The molecule has 0 radical (unpaired) electrons. The first-order valence-corrected chi connectivity index (χ1v) is 9.11. The van der Waals surface area contributed by atoms with Crippen LogP contribution in [0.4, 0.5) is 5.69 Å². The summed E-state index contributed by atoms with van der Waals surface area (Å²) < 4.78 is 29.0. The van der Waals surface area contributed by atoms with Gasteiger partial charge in [-0.25, -0.2) is 8.42 Å². The number of rotatable bonds is 4. The Morgan fingerprint density at radius 2 is 2.05 bits per heavy atom. The zero-order valence-electron chi connectivity index (χ0n) is 12.2. The van der Waals surface area contributed by atoms with E-state index in [1.54, 1.807) is 16.9 Å². The van der Waals surface area contributed by atoms with E-state index in [0.29, 0.717) is 11.6 Å². The number of nitrogens with one attached hydrogen (secondary N) is 1. The molecule has 1 aliphatic carbocycles. The molecule has 0 aliphatic heterocycles. The quantitative estimate of drug-likeness (QED) is 0.944. The number of nitrogens with zero attached hydrogens (tertiary/aromatic N) is 2. The monoisotopic (exact) mass is 307 g/mol.